The maximum absolute atomic E-state index is 12.2. The van der Waals surface area contributed by atoms with E-state index in [1.54, 1.807) is 0 Å². The molecule has 0 atom stereocenters. The Morgan fingerprint density at radius 2 is 1.86 bits per heavy atom. The average Bonchev–Trinajstić information content (AvgIpc) is 3.04. The summed E-state index contributed by atoms with van der Waals surface area (Å²) < 4.78 is 7.93. The van der Waals surface area contributed by atoms with Crippen molar-refractivity contribution in [1.29, 1.82) is 0 Å². The highest BCUT2D eigenvalue weighted by molar-refractivity contribution is 6.08. The van der Waals surface area contributed by atoms with Crippen LogP contribution in [0.5, 0.6) is 0 Å². The third kappa shape index (κ3) is 4.12. The van der Waals surface area contributed by atoms with Gasteiger partial charge in [-0.3, -0.25) is 9.69 Å². The Kier molecular flexibility index (Phi) is 5.76. The smallest absolute Gasteiger partial charge is 0.234 e. The van der Waals surface area contributed by atoms with Gasteiger partial charge in [-0.15, -0.1) is 0 Å². The minimum absolute atomic E-state index is 0.147. The van der Waals surface area contributed by atoms with Crippen molar-refractivity contribution in [2.45, 2.75) is 12.8 Å². The summed E-state index contributed by atoms with van der Waals surface area (Å²) in [6.45, 7) is 6.42. The van der Waals surface area contributed by atoms with Crippen LogP contribution in [0, 0.1) is 0 Å². The zero-order chi connectivity index (χ0) is 19.3. The lowest BCUT2D eigenvalue weighted by atomic mass is 10.1. The zero-order valence-electron chi connectivity index (χ0n) is 16.5. The third-order valence-corrected chi connectivity index (χ3v) is 5.52. The first-order valence-corrected chi connectivity index (χ1v) is 10.1. The highest BCUT2D eigenvalue weighted by Gasteiger charge is 2.23. The number of nitrogens with zero attached hydrogens (tertiary/aromatic N) is 4. The molecule has 2 aliphatic heterocycles. The summed E-state index contributed by atoms with van der Waals surface area (Å²) in [5.74, 6) is 0.761. The number of ketones is 1. The molecule has 0 amide bonds. The lowest BCUT2D eigenvalue weighted by Gasteiger charge is -2.36. The number of rotatable bonds is 5. The quantitative estimate of drug-likeness (QED) is 0.748. The lowest BCUT2D eigenvalue weighted by molar-refractivity contribution is 0.0986. The van der Waals surface area contributed by atoms with Crippen LogP contribution in [0.1, 0.15) is 28.9 Å². The van der Waals surface area contributed by atoms with Gasteiger partial charge < -0.3 is 14.2 Å². The van der Waals surface area contributed by atoms with Gasteiger partial charge in [0.1, 0.15) is 5.69 Å². The number of hydrogen-bond acceptors (Lipinski definition) is 5. The molecule has 3 heterocycles. The molecule has 0 N–H and O–H groups in total. The molecule has 1 fully saturated rings. The van der Waals surface area contributed by atoms with Crippen LogP contribution in [0.15, 0.2) is 47.6 Å². The van der Waals surface area contributed by atoms with E-state index < -0.39 is 0 Å². The minimum Gasteiger partial charge on any atom is -0.476 e. The van der Waals surface area contributed by atoms with Gasteiger partial charge in [-0.2, -0.15) is 0 Å². The third-order valence-electron chi connectivity index (χ3n) is 5.52. The monoisotopic (exact) mass is 380 g/mol. The number of hydrogen-bond donors (Lipinski definition) is 0. The van der Waals surface area contributed by atoms with E-state index in [2.05, 4.69) is 45.1 Å². The largest absolute Gasteiger partial charge is 0.476 e. The van der Waals surface area contributed by atoms with Crippen molar-refractivity contribution in [3.05, 3.63) is 53.9 Å². The van der Waals surface area contributed by atoms with Crippen molar-refractivity contribution >= 4 is 17.4 Å². The molecule has 2 aromatic rings. The Labute approximate surface area is 166 Å². The van der Waals surface area contributed by atoms with Gasteiger partial charge >= 0.3 is 0 Å². The molecule has 6 nitrogen and oxygen atoms in total. The molecule has 2 aliphatic rings. The van der Waals surface area contributed by atoms with E-state index in [9.17, 15) is 4.79 Å². The number of fused-ring (bicyclic) bond motifs is 1. The molecule has 6 heteroatoms. The van der Waals surface area contributed by atoms with E-state index in [-0.39, 0.29) is 5.78 Å². The van der Waals surface area contributed by atoms with Crippen LogP contribution < -0.4 is 4.90 Å². The first-order valence-electron chi connectivity index (χ1n) is 10.1. The van der Waals surface area contributed by atoms with Gasteiger partial charge in [-0.05, 0) is 24.6 Å². The van der Waals surface area contributed by atoms with Gasteiger partial charge in [0, 0.05) is 63.6 Å². The van der Waals surface area contributed by atoms with E-state index in [1.165, 1.54) is 5.69 Å². The molecule has 0 saturated carbocycles. The number of aliphatic imine (C=N–C) groups is 1. The summed E-state index contributed by atoms with van der Waals surface area (Å²) in [4.78, 5) is 21.6. The molecule has 4 rings (SSSR count). The highest BCUT2D eigenvalue weighted by Crippen LogP contribution is 2.18. The summed E-state index contributed by atoms with van der Waals surface area (Å²) in [5, 5.41) is 0. The molecule has 0 radical (unpaired) electrons. The van der Waals surface area contributed by atoms with Gasteiger partial charge in [0.15, 0.2) is 5.78 Å². The van der Waals surface area contributed by atoms with E-state index in [1.807, 2.05) is 23.9 Å². The molecular formula is C22H28N4O2. The number of benzene rings is 1. The molecule has 1 saturated heterocycles. The summed E-state index contributed by atoms with van der Waals surface area (Å²) in [5.41, 5.74) is 2.86. The van der Waals surface area contributed by atoms with Crippen molar-refractivity contribution in [2.75, 3.05) is 50.8 Å². The van der Waals surface area contributed by atoms with E-state index >= 15 is 0 Å². The summed E-state index contributed by atoms with van der Waals surface area (Å²) in [6.07, 6.45) is 3.31. The Bertz CT molecular complexity index is 835. The van der Waals surface area contributed by atoms with Crippen LogP contribution >= 0.6 is 0 Å². The molecule has 148 valence electrons. The molecule has 0 aliphatic carbocycles. The number of aryl methyl sites for hydroxylation is 1. The first kappa shape index (κ1) is 18.7. The Hall–Kier alpha value is -2.60. The van der Waals surface area contributed by atoms with E-state index in [0.717, 1.165) is 50.4 Å². The van der Waals surface area contributed by atoms with E-state index in [0.29, 0.717) is 25.5 Å². The van der Waals surface area contributed by atoms with Crippen molar-refractivity contribution in [2.24, 2.45) is 12.0 Å². The fourth-order valence-electron chi connectivity index (χ4n) is 3.93. The van der Waals surface area contributed by atoms with Crippen molar-refractivity contribution in [3.63, 3.8) is 0 Å². The van der Waals surface area contributed by atoms with Crippen molar-refractivity contribution in [1.82, 2.24) is 9.47 Å². The number of carbonyl (C=O) groups is 1. The molecule has 1 aromatic carbocycles. The van der Waals surface area contributed by atoms with Gasteiger partial charge in [-0.1, -0.05) is 18.2 Å². The summed E-state index contributed by atoms with van der Waals surface area (Å²) >= 11 is 0. The normalized spacial score (nSPS) is 17.8. The molecule has 0 bridgehead atoms. The number of anilines is 1. The second kappa shape index (κ2) is 8.61. The standard InChI is InChI=1S/C22H28N4O2/c1-24-12-9-19-20(27)8-10-23-22(21(19)24)28-17-5-11-25-13-15-26(16-14-25)18-6-3-2-4-7-18/h2-4,6-7,9,12H,5,8,10-11,13-17H2,1H3. The molecular weight excluding hydrogens is 352 g/mol. The number of ether oxygens (including phenoxy) is 1. The number of carbonyl (C=O) groups excluding carboxylic acids is 1. The van der Waals surface area contributed by atoms with Crippen LogP contribution in [-0.4, -0.2) is 67.0 Å². The zero-order valence-corrected chi connectivity index (χ0v) is 16.5. The molecule has 0 spiro atoms. The van der Waals surface area contributed by atoms with Gasteiger partial charge in [0.25, 0.3) is 0 Å². The topological polar surface area (TPSA) is 50.1 Å². The summed E-state index contributed by atoms with van der Waals surface area (Å²) in [6, 6.07) is 12.5. The van der Waals surface area contributed by atoms with Crippen molar-refractivity contribution < 1.29 is 9.53 Å². The van der Waals surface area contributed by atoms with Crippen LogP contribution in [0.2, 0.25) is 0 Å². The van der Waals surface area contributed by atoms with Gasteiger partial charge in [0.05, 0.1) is 13.2 Å². The number of para-hydroxylation sites is 1. The second-order valence-electron chi connectivity index (χ2n) is 7.42. The van der Waals surface area contributed by atoms with Crippen LogP contribution in [0.4, 0.5) is 5.69 Å². The van der Waals surface area contributed by atoms with Gasteiger partial charge in [0.2, 0.25) is 5.90 Å². The SMILES string of the molecule is Cn1ccc2c1C(OCCCN1CCN(c3ccccc3)CC1)=NCCC2=O. The minimum atomic E-state index is 0.147. The van der Waals surface area contributed by atoms with E-state index in [4.69, 9.17) is 4.74 Å². The fourth-order valence-corrected chi connectivity index (χ4v) is 3.93. The average molecular weight is 380 g/mol. The van der Waals surface area contributed by atoms with Gasteiger partial charge in [-0.25, -0.2) is 4.99 Å². The highest BCUT2D eigenvalue weighted by atomic mass is 16.5. The Morgan fingerprint density at radius 1 is 1.07 bits per heavy atom. The second-order valence-corrected chi connectivity index (χ2v) is 7.42. The fraction of sp³-hybridized carbons (Fsp3) is 0.455. The Balaban J connectivity index is 1.24. The predicted molar refractivity (Wildman–Crippen MR) is 111 cm³/mol. The number of Topliss-reactive ketones (excluding diaryl/α,β-unsaturated/α-hetero) is 1. The molecule has 28 heavy (non-hydrogen) atoms. The maximum Gasteiger partial charge on any atom is 0.234 e. The maximum atomic E-state index is 12.2. The number of aromatic nitrogens is 1. The molecule has 0 unspecified atom stereocenters. The molecule has 1 aromatic heterocycles. The van der Waals surface area contributed by atoms with Crippen LogP contribution in [0.3, 0.4) is 0 Å². The first-order chi connectivity index (χ1) is 13.7. The van der Waals surface area contributed by atoms with Crippen molar-refractivity contribution in [3.8, 4) is 0 Å². The van der Waals surface area contributed by atoms with Crippen LogP contribution in [0.25, 0.3) is 0 Å². The summed E-state index contributed by atoms with van der Waals surface area (Å²) in [7, 11) is 1.93. The Morgan fingerprint density at radius 3 is 2.64 bits per heavy atom. The predicted octanol–water partition coefficient (Wildman–Crippen LogP) is 2.59. The number of piperazine rings is 1. The van der Waals surface area contributed by atoms with Crippen LogP contribution in [-0.2, 0) is 11.8 Å². The lowest BCUT2D eigenvalue weighted by Crippen LogP contribution is -2.46.